The van der Waals surface area contributed by atoms with Gasteiger partial charge < -0.3 is 0 Å². The fourth-order valence-corrected chi connectivity index (χ4v) is 1.69. The quantitative estimate of drug-likeness (QED) is 0.689. The minimum absolute atomic E-state index is 0.0115. The molecule has 15 heavy (non-hydrogen) atoms. The molecule has 0 aliphatic heterocycles. The summed E-state index contributed by atoms with van der Waals surface area (Å²) in [5.74, 6) is 0.224. The highest BCUT2D eigenvalue weighted by atomic mass is 16.1. The lowest BCUT2D eigenvalue weighted by Crippen LogP contribution is -2.35. The van der Waals surface area contributed by atoms with E-state index in [1.807, 2.05) is 49.3 Å². The van der Waals surface area contributed by atoms with E-state index < -0.39 is 0 Å². The average Bonchev–Trinajstić information content (AvgIpc) is 2.26. The van der Waals surface area contributed by atoms with E-state index >= 15 is 0 Å². The van der Waals surface area contributed by atoms with Gasteiger partial charge >= 0.3 is 0 Å². The van der Waals surface area contributed by atoms with Crippen LogP contribution in [0.5, 0.6) is 0 Å². The number of likely N-dealkylation sites (N-methyl/N-ethyl adjacent to an activating group) is 1. The van der Waals surface area contributed by atoms with Gasteiger partial charge in [0.25, 0.3) is 0 Å². The highest BCUT2D eigenvalue weighted by molar-refractivity contribution is 6.00. The normalized spacial score (nSPS) is 12.8. The van der Waals surface area contributed by atoms with Crippen molar-refractivity contribution < 1.29 is 4.79 Å². The molecule has 0 heterocycles. The van der Waals surface area contributed by atoms with Crippen molar-refractivity contribution in [2.75, 3.05) is 14.1 Å². The Labute approximate surface area is 91.9 Å². The minimum atomic E-state index is 0.0115. The molecule has 0 aliphatic carbocycles. The number of hydrogen-bond acceptors (Lipinski definition) is 2. The molecule has 0 unspecified atom stereocenters. The fraction of sp³-hybridized carbons (Fsp3) is 0.462. The van der Waals surface area contributed by atoms with Crippen molar-refractivity contribution in [1.29, 1.82) is 0 Å². The Kier molecular flexibility index (Phi) is 4.50. The molecular formula is C13H19NO. The molecule has 0 fully saturated rings. The van der Waals surface area contributed by atoms with E-state index in [9.17, 15) is 4.79 Å². The molecule has 0 aromatic heterocycles. The van der Waals surface area contributed by atoms with Crippen LogP contribution in [0.15, 0.2) is 30.3 Å². The Morgan fingerprint density at radius 2 is 1.87 bits per heavy atom. The first kappa shape index (κ1) is 11.9. The summed E-state index contributed by atoms with van der Waals surface area (Å²) in [5.41, 5.74) is 0.810. The van der Waals surface area contributed by atoms with Gasteiger partial charge in [-0.05, 0) is 20.5 Å². The molecule has 2 nitrogen and oxygen atoms in total. The van der Waals surface area contributed by atoms with Crippen LogP contribution in [0, 0.1) is 0 Å². The third-order valence-electron chi connectivity index (χ3n) is 2.55. The lowest BCUT2D eigenvalue weighted by Gasteiger charge is -2.22. The highest BCUT2D eigenvalue weighted by Gasteiger charge is 2.20. The summed E-state index contributed by atoms with van der Waals surface area (Å²) in [5, 5.41) is 0. The minimum Gasteiger partial charge on any atom is -0.299 e. The molecule has 0 spiro atoms. The lowest BCUT2D eigenvalue weighted by molar-refractivity contribution is 0.0866. The number of rotatable bonds is 5. The van der Waals surface area contributed by atoms with Crippen LogP contribution in [-0.2, 0) is 0 Å². The molecule has 1 atom stereocenters. The molecule has 0 amide bonds. The monoisotopic (exact) mass is 205 g/mol. The smallest absolute Gasteiger partial charge is 0.179 e. The number of carbonyl (C=O) groups excluding carboxylic acids is 1. The Morgan fingerprint density at radius 1 is 1.27 bits per heavy atom. The average molecular weight is 205 g/mol. The maximum absolute atomic E-state index is 12.1. The summed E-state index contributed by atoms with van der Waals surface area (Å²) in [4.78, 5) is 14.1. The third kappa shape index (κ3) is 3.17. The second kappa shape index (κ2) is 5.66. The van der Waals surface area contributed by atoms with Gasteiger partial charge in [-0.15, -0.1) is 0 Å². The Morgan fingerprint density at radius 3 is 2.33 bits per heavy atom. The van der Waals surface area contributed by atoms with Gasteiger partial charge in [0.05, 0.1) is 6.04 Å². The predicted molar refractivity (Wildman–Crippen MR) is 63.2 cm³/mol. The third-order valence-corrected chi connectivity index (χ3v) is 2.55. The zero-order chi connectivity index (χ0) is 11.3. The van der Waals surface area contributed by atoms with Crippen LogP contribution in [0.3, 0.4) is 0 Å². The zero-order valence-electron chi connectivity index (χ0n) is 9.73. The molecular weight excluding hydrogens is 186 g/mol. The summed E-state index contributed by atoms with van der Waals surface area (Å²) < 4.78 is 0. The lowest BCUT2D eigenvalue weighted by atomic mass is 10.00. The van der Waals surface area contributed by atoms with Crippen LogP contribution in [0.25, 0.3) is 0 Å². The second-order valence-corrected chi connectivity index (χ2v) is 4.00. The number of Topliss-reactive ketones (excluding diaryl/α,β-unsaturated/α-hetero) is 1. The van der Waals surface area contributed by atoms with Crippen LogP contribution in [0.4, 0.5) is 0 Å². The van der Waals surface area contributed by atoms with Crippen LogP contribution >= 0.6 is 0 Å². The molecule has 2 heteroatoms. The van der Waals surface area contributed by atoms with E-state index in [0.717, 1.165) is 18.4 Å². The molecule has 1 rings (SSSR count). The van der Waals surface area contributed by atoms with Crippen molar-refractivity contribution in [2.45, 2.75) is 25.8 Å². The highest BCUT2D eigenvalue weighted by Crippen LogP contribution is 2.11. The molecule has 0 saturated heterocycles. The van der Waals surface area contributed by atoms with Gasteiger partial charge in [-0.3, -0.25) is 9.69 Å². The first-order valence-electron chi connectivity index (χ1n) is 5.42. The standard InChI is InChI=1S/C13H19NO/c1-4-8-12(14(2)3)13(15)11-9-6-5-7-10-11/h5-7,9-10,12H,4,8H2,1-3H3/t12-/m1/s1. The van der Waals surface area contributed by atoms with Crippen molar-refractivity contribution in [3.8, 4) is 0 Å². The number of carbonyl (C=O) groups is 1. The topological polar surface area (TPSA) is 20.3 Å². The predicted octanol–water partition coefficient (Wildman–Crippen LogP) is 2.60. The van der Waals surface area contributed by atoms with Crippen molar-refractivity contribution >= 4 is 5.78 Å². The van der Waals surface area contributed by atoms with Gasteiger partial charge in [-0.25, -0.2) is 0 Å². The zero-order valence-corrected chi connectivity index (χ0v) is 9.73. The molecule has 0 bridgehead atoms. The summed E-state index contributed by atoms with van der Waals surface area (Å²) in [6.07, 6.45) is 1.95. The van der Waals surface area contributed by atoms with E-state index in [4.69, 9.17) is 0 Å². The summed E-state index contributed by atoms with van der Waals surface area (Å²) in [6, 6.07) is 9.53. The van der Waals surface area contributed by atoms with Gasteiger partial charge in [0.1, 0.15) is 0 Å². The first-order valence-corrected chi connectivity index (χ1v) is 5.42. The Bertz CT molecular complexity index is 306. The summed E-state index contributed by atoms with van der Waals surface area (Å²) >= 11 is 0. The van der Waals surface area contributed by atoms with Crippen LogP contribution in [-0.4, -0.2) is 30.8 Å². The van der Waals surface area contributed by atoms with Gasteiger partial charge in [-0.2, -0.15) is 0 Å². The Balaban J connectivity index is 2.81. The summed E-state index contributed by atoms with van der Waals surface area (Å²) in [6.45, 7) is 2.11. The van der Waals surface area contributed by atoms with Crippen LogP contribution in [0.2, 0.25) is 0 Å². The molecule has 0 saturated carbocycles. The number of benzene rings is 1. The molecule has 0 N–H and O–H groups in total. The van der Waals surface area contributed by atoms with E-state index in [1.54, 1.807) is 0 Å². The van der Waals surface area contributed by atoms with E-state index in [0.29, 0.717) is 0 Å². The SMILES string of the molecule is CCC[C@H](C(=O)c1ccccc1)N(C)C. The number of nitrogens with zero attached hydrogens (tertiary/aromatic N) is 1. The fourth-order valence-electron chi connectivity index (χ4n) is 1.69. The second-order valence-electron chi connectivity index (χ2n) is 4.00. The molecule has 1 aromatic carbocycles. The van der Waals surface area contributed by atoms with Gasteiger partial charge in [0.2, 0.25) is 0 Å². The Hall–Kier alpha value is -1.15. The first-order chi connectivity index (χ1) is 7.16. The van der Waals surface area contributed by atoms with Crippen molar-refractivity contribution in [3.63, 3.8) is 0 Å². The molecule has 1 aromatic rings. The van der Waals surface area contributed by atoms with Crippen molar-refractivity contribution in [2.24, 2.45) is 0 Å². The maximum atomic E-state index is 12.1. The van der Waals surface area contributed by atoms with Crippen molar-refractivity contribution in [3.05, 3.63) is 35.9 Å². The van der Waals surface area contributed by atoms with Crippen LogP contribution in [0.1, 0.15) is 30.1 Å². The van der Waals surface area contributed by atoms with E-state index in [1.165, 1.54) is 0 Å². The molecule has 82 valence electrons. The molecule has 0 aliphatic rings. The number of ketones is 1. The van der Waals surface area contributed by atoms with Crippen LogP contribution < -0.4 is 0 Å². The largest absolute Gasteiger partial charge is 0.299 e. The van der Waals surface area contributed by atoms with Crippen molar-refractivity contribution in [1.82, 2.24) is 4.90 Å². The van der Waals surface area contributed by atoms with E-state index in [-0.39, 0.29) is 11.8 Å². The van der Waals surface area contributed by atoms with Gasteiger partial charge in [0, 0.05) is 5.56 Å². The number of hydrogen-bond donors (Lipinski definition) is 0. The van der Waals surface area contributed by atoms with Gasteiger partial charge in [-0.1, -0.05) is 43.7 Å². The molecule has 0 radical (unpaired) electrons. The van der Waals surface area contributed by atoms with Gasteiger partial charge in [0.15, 0.2) is 5.78 Å². The summed E-state index contributed by atoms with van der Waals surface area (Å²) in [7, 11) is 3.92. The van der Waals surface area contributed by atoms with E-state index in [2.05, 4.69) is 6.92 Å². The maximum Gasteiger partial charge on any atom is 0.179 e.